The Morgan fingerprint density at radius 1 is 1.12 bits per heavy atom. The Balaban J connectivity index is 2.50. The molecule has 0 aromatic heterocycles. The number of sulfonamides is 1. The summed E-state index contributed by atoms with van der Waals surface area (Å²) in [7, 11) is -3.18. The van der Waals surface area contributed by atoms with Gasteiger partial charge in [-0.05, 0) is 35.9 Å². The topological polar surface area (TPSA) is 57.6 Å². The van der Waals surface area contributed by atoms with Gasteiger partial charge in [-0.15, -0.1) is 0 Å². The predicted molar refractivity (Wildman–Crippen MR) is 79.4 cm³/mol. The van der Waals surface area contributed by atoms with Crippen LogP contribution in [-0.4, -0.2) is 20.6 Å². The average Bonchev–Trinajstić information content (AvgIpc) is 2.53. The normalized spacial score (nSPS) is 12.2. The second-order valence-electron chi connectivity index (χ2n) is 4.94. The van der Waals surface area contributed by atoms with E-state index >= 15 is 0 Å². The lowest BCUT2D eigenvalue weighted by Gasteiger charge is -2.21. The van der Waals surface area contributed by atoms with E-state index in [0.29, 0.717) is 11.6 Å². The number of aliphatic hydroxyl groups excluding tert-OH is 1. The highest BCUT2D eigenvalue weighted by molar-refractivity contribution is 7.92. The number of hydrogen-bond donors (Lipinski definition) is 1. The van der Waals surface area contributed by atoms with Gasteiger partial charge in [-0.3, -0.25) is 4.31 Å². The number of benzene rings is 2. The molecule has 0 bridgehead atoms. The van der Waals surface area contributed by atoms with Crippen molar-refractivity contribution in [3.8, 4) is 0 Å². The van der Waals surface area contributed by atoms with Crippen LogP contribution in [0.1, 0.15) is 11.1 Å². The molecule has 2 rings (SSSR count). The van der Waals surface area contributed by atoms with E-state index in [0.717, 1.165) is 17.4 Å². The van der Waals surface area contributed by atoms with E-state index in [4.69, 9.17) is 5.11 Å². The SMILES string of the molecule is CN(c1cccc(CO)c1)S(=O)(=O)c1ccc(F)c(C(F)(F)F)c1. The molecule has 0 saturated carbocycles. The van der Waals surface area contributed by atoms with Gasteiger partial charge in [-0.25, -0.2) is 12.8 Å². The van der Waals surface area contributed by atoms with Gasteiger partial charge in [0.15, 0.2) is 0 Å². The minimum absolute atomic E-state index is 0.152. The minimum atomic E-state index is -5.01. The largest absolute Gasteiger partial charge is 0.419 e. The molecule has 0 heterocycles. The summed E-state index contributed by atoms with van der Waals surface area (Å²) in [6.07, 6.45) is -5.01. The van der Waals surface area contributed by atoms with E-state index in [1.807, 2.05) is 0 Å². The summed E-state index contributed by atoms with van der Waals surface area (Å²) in [4.78, 5) is -0.687. The number of hydrogen-bond acceptors (Lipinski definition) is 3. The highest BCUT2D eigenvalue weighted by atomic mass is 32.2. The molecule has 0 amide bonds. The van der Waals surface area contributed by atoms with E-state index in [2.05, 4.69) is 0 Å². The lowest BCUT2D eigenvalue weighted by atomic mass is 10.2. The molecular formula is C15H13F4NO3S. The van der Waals surface area contributed by atoms with Crippen LogP contribution in [-0.2, 0) is 22.8 Å². The van der Waals surface area contributed by atoms with E-state index in [9.17, 15) is 26.0 Å². The fraction of sp³-hybridized carbons (Fsp3) is 0.200. The first-order chi connectivity index (χ1) is 11.1. The molecule has 2 aromatic carbocycles. The van der Waals surface area contributed by atoms with Crippen LogP contribution in [0.4, 0.5) is 23.2 Å². The van der Waals surface area contributed by atoms with Gasteiger partial charge in [0.05, 0.1) is 22.8 Å². The number of nitrogens with zero attached hydrogens (tertiary/aromatic N) is 1. The van der Waals surface area contributed by atoms with Gasteiger partial charge in [0.1, 0.15) is 5.82 Å². The van der Waals surface area contributed by atoms with Gasteiger partial charge >= 0.3 is 6.18 Å². The van der Waals surface area contributed by atoms with Crippen molar-refractivity contribution in [3.05, 3.63) is 59.4 Å². The lowest BCUT2D eigenvalue weighted by molar-refractivity contribution is -0.140. The zero-order valence-electron chi connectivity index (χ0n) is 12.4. The van der Waals surface area contributed by atoms with Crippen LogP contribution in [0, 0.1) is 5.82 Å². The zero-order valence-corrected chi connectivity index (χ0v) is 13.2. The number of alkyl halides is 3. The molecule has 130 valence electrons. The van der Waals surface area contributed by atoms with Crippen molar-refractivity contribution in [2.24, 2.45) is 0 Å². The summed E-state index contributed by atoms with van der Waals surface area (Å²) in [5.41, 5.74) is -1.06. The maximum Gasteiger partial charge on any atom is 0.419 e. The number of rotatable bonds is 4. The molecule has 0 unspecified atom stereocenters. The summed E-state index contributed by atoms with van der Waals surface area (Å²) in [5, 5.41) is 9.09. The fourth-order valence-corrected chi connectivity index (χ4v) is 3.24. The molecule has 0 fully saturated rings. The summed E-state index contributed by atoms with van der Waals surface area (Å²) >= 11 is 0. The Labute approximate surface area is 136 Å². The van der Waals surface area contributed by atoms with E-state index in [1.165, 1.54) is 18.2 Å². The third-order valence-corrected chi connectivity index (χ3v) is 5.14. The molecule has 9 heteroatoms. The van der Waals surface area contributed by atoms with Crippen molar-refractivity contribution in [2.75, 3.05) is 11.4 Å². The average molecular weight is 363 g/mol. The van der Waals surface area contributed by atoms with Crippen molar-refractivity contribution < 1.29 is 31.1 Å². The summed E-state index contributed by atoms with van der Waals surface area (Å²) in [6, 6.07) is 7.36. The van der Waals surface area contributed by atoms with Gasteiger partial charge < -0.3 is 5.11 Å². The van der Waals surface area contributed by atoms with Gasteiger partial charge in [0.2, 0.25) is 0 Å². The van der Waals surface area contributed by atoms with Gasteiger partial charge in [-0.1, -0.05) is 12.1 Å². The van der Waals surface area contributed by atoms with Crippen molar-refractivity contribution in [1.82, 2.24) is 0 Å². The summed E-state index contributed by atoms with van der Waals surface area (Å²) in [6.45, 7) is -0.323. The molecule has 0 aliphatic rings. The first-order valence-corrected chi connectivity index (χ1v) is 8.07. The standard InChI is InChI=1S/C15H13F4NO3S/c1-20(11-4-2-3-10(7-11)9-21)24(22,23)12-5-6-14(16)13(8-12)15(17,18)19/h2-8,21H,9H2,1H3. The van der Waals surface area contributed by atoms with Crippen molar-refractivity contribution in [1.29, 1.82) is 0 Å². The van der Waals surface area contributed by atoms with Crippen LogP contribution >= 0.6 is 0 Å². The maximum atomic E-state index is 13.3. The third-order valence-electron chi connectivity index (χ3n) is 3.36. The summed E-state index contributed by atoms with van der Waals surface area (Å²) in [5.74, 6) is -1.55. The first-order valence-electron chi connectivity index (χ1n) is 6.63. The predicted octanol–water partition coefficient (Wildman–Crippen LogP) is 3.16. The Hall–Kier alpha value is -2.13. The molecule has 4 nitrogen and oxygen atoms in total. The Morgan fingerprint density at radius 3 is 2.38 bits per heavy atom. The molecular weight excluding hydrogens is 350 g/mol. The molecule has 0 saturated heterocycles. The number of halogens is 4. The second kappa shape index (κ2) is 6.40. The minimum Gasteiger partial charge on any atom is -0.392 e. The van der Waals surface area contributed by atoms with Crippen LogP contribution in [0.2, 0.25) is 0 Å². The molecule has 0 radical (unpaired) electrons. The van der Waals surface area contributed by atoms with Gasteiger partial charge in [0.25, 0.3) is 10.0 Å². The third kappa shape index (κ3) is 3.51. The van der Waals surface area contributed by atoms with E-state index < -0.39 is 32.5 Å². The van der Waals surface area contributed by atoms with Crippen LogP contribution < -0.4 is 4.31 Å². The van der Waals surface area contributed by atoms with Crippen LogP contribution in [0.3, 0.4) is 0 Å². The highest BCUT2D eigenvalue weighted by Gasteiger charge is 2.36. The van der Waals surface area contributed by atoms with E-state index in [1.54, 1.807) is 6.07 Å². The first kappa shape index (κ1) is 18.2. The lowest BCUT2D eigenvalue weighted by Crippen LogP contribution is -2.27. The van der Waals surface area contributed by atoms with Gasteiger partial charge in [0, 0.05) is 7.05 Å². The second-order valence-corrected chi connectivity index (χ2v) is 6.91. The molecule has 0 spiro atoms. The van der Waals surface area contributed by atoms with Crippen LogP contribution in [0.25, 0.3) is 0 Å². The Kier molecular flexibility index (Phi) is 4.86. The fourth-order valence-electron chi connectivity index (χ4n) is 2.03. The monoisotopic (exact) mass is 363 g/mol. The summed E-state index contributed by atoms with van der Waals surface area (Å²) < 4.78 is 77.4. The highest BCUT2D eigenvalue weighted by Crippen LogP contribution is 2.33. The number of anilines is 1. The smallest absolute Gasteiger partial charge is 0.392 e. The van der Waals surface area contributed by atoms with Crippen LogP contribution in [0.15, 0.2) is 47.4 Å². The molecule has 0 aliphatic carbocycles. The van der Waals surface area contributed by atoms with Crippen molar-refractivity contribution in [3.63, 3.8) is 0 Å². The van der Waals surface area contributed by atoms with Crippen molar-refractivity contribution >= 4 is 15.7 Å². The molecule has 0 aliphatic heterocycles. The maximum absolute atomic E-state index is 13.3. The van der Waals surface area contributed by atoms with Crippen LogP contribution in [0.5, 0.6) is 0 Å². The van der Waals surface area contributed by atoms with Gasteiger partial charge in [-0.2, -0.15) is 13.2 Å². The quantitative estimate of drug-likeness (QED) is 0.849. The zero-order chi connectivity index (χ0) is 18.1. The Bertz CT molecular complexity index is 850. The van der Waals surface area contributed by atoms with Crippen molar-refractivity contribution in [2.45, 2.75) is 17.7 Å². The molecule has 1 N–H and O–H groups in total. The molecule has 24 heavy (non-hydrogen) atoms. The molecule has 2 aromatic rings. The van der Waals surface area contributed by atoms with E-state index in [-0.39, 0.29) is 18.4 Å². The Morgan fingerprint density at radius 2 is 1.79 bits per heavy atom. The number of aliphatic hydroxyl groups is 1. The molecule has 0 atom stereocenters.